The van der Waals surface area contributed by atoms with Gasteiger partial charge < -0.3 is 19.1 Å². The fourth-order valence-corrected chi connectivity index (χ4v) is 7.37. The van der Waals surface area contributed by atoms with Gasteiger partial charge in [0.1, 0.15) is 11.9 Å². The van der Waals surface area contributed by atoms with Crippen LogP contribution in [-0.4, -0.2) is 83.4 Å². The molecule has 206 valence electrons. The van der Waals surface area contributed by atoms with Crippen molar-refractivity contribution < 1.29 is 12.8 Å². The summed E-state index contributed by atoms with van der Waals surface area (Å²) in [5.41, 5.74) is 0. The summed E-state index contributed by atoms with van der Waals surface area (Å²) in [5.74, 6) is 0.563. The van der Waals surface area contributed by atoms with Crippen molar-refractivity contribution in [1.29, 1.82) is 5.26 Å². The highest BCUT2D eigenvalue weighted by Gasteiger charge is 2.37. The Kier molecular flexibility index (Phi) is 9.89. The lowest BCUT2D eigenvalue weighted by atomic mass is 10.2. The Bertz CT molecular complexity index is 1080. The van der Waals surface area contributed by atoms with Gasteiger partial charge in [-0.2, -0.15) is 5.26 Å². The number of allylic oxidation sites excluding steroid dienone is 1. The lowest BCUT2D eigenvalue weighted by molar-refractivity contribution is 0.240. The molecular formula is C28H46N4O3SSi. The average Bonchev–Trinajstić information content (AvgIpc) is 3.43. The van der Waals surface area contributed by atoms with Gasteiger partial charge in [-0.3, -0.25) is 0 Å². The van der Waals surface area contributed by atoms with Crippen LogP contribution < -0.4 is 0 Å². The van der Waals surface area contributed by atoms with Crippen molar-refractivity contribution >= 4 is 18.2 Å². The Hall–Kier alpha value is -1.86. The minimum atomic E-state index is -3.92. The first-order valence-corrected chi connectivity index (χ1v) is 18.1. The van der Waals surface area contributed by atoms with Crippen molar-refractivity contribution in [1.82, 2.24) is 14.7 Å². The van der Waals surface area contributed by atoms with Gasteiger partial charge in [0.05, 0.1) is 4.90 Å². The van der Waals surface area contributed by atoms with Crippen molar-refractivity contribution in [2.24, 2.45) is 0 Å². The van der Waals surface area contributed by atoms with E-state index in [-0.39, 0.29) is 14.8 Å². The van der Waals surface area contributed by atoms with Crippen LogP contribution in [0.15, 0.2) is 46.0 Å². The topological polar surface area (TPSA) is 76.9 Å². The zero-order chi connectivity index (χ0) is 27.3. The van der Waals surface area contributed by atoms with Gasteiger partial charge in [-0.25, -0.2) is 8.42 Å². The first-order chi connectivity index (χ1) is 17.4. The molecular weight excluding hydrogens is 500 g/mol. The Labute approximate surface area is 226 Å². The van der Waals surface area contributed by atoms with Crippen molar-refractivity contribution in [3.05, 3.63) is 41.1 Å². The third kappa shape index (κ3) is 7.17. The van der Waals surface area contributed by atoms with E-state index < -0.39 is 18.2 Å². The van der Waals surface area contributed by atoms with Gasteiger partial charge in [0.2, 0.25) is 9.84 Å². The number of rotatable bonds is 11. The minimum absolute atomic E-state index is 0.143. The summed E-state index contributed by atoms with van der Waals surface area (Å²) < 4.78 is 33.5. The highest BCUT2D eigenvalue weighted by molar-refractivity contribution is 7.95. The summed E-state index contributed by atoms with van der Waals surface area (Å²) in [7, 11) is -5.77. The number of hydrogen-bond acceptors (Lipinski definition) is 7. The van der Waals surface area contributed by atoms with E-state index in [1.165, 1.54) is 12.8 Å². The second-order valence-electron chi connectivity index (χ2n) is 11.9. The van der Waals surface area contributed by atoms with E-state index in [1.54, 1.807) is 30.3 Å². The Balaban J connectivity index is 1.79. The minimum Gasteiger partial charge on any atom is -0.417 e. The smallest absolute Gasteiger partial charge is 0.220 e. The summed E-state index contributed by atoms with van der Waals surface area (Å²) in [4.78, 5) is 6.75. The van der Waals surface area contributed by atoms with Gasteiger partial charge in [-0.05, 0) is 69.4 Å². The fraction of sp³-hybridized carbons (Fsp3) is 0.679. The molecule has 0 amide bonds. The van der Waals surface area contributed by atoms with Gasteiger partial charge in [-0.15, -0.1) is 0 Å². The molecule has 0 aliphatic carbocycles. The van der Waals surface area contributed by atoms with E-state index in [1.807, 2.05) is 0 Å². The maximum Gasteiger partial charge on any atom is 0.220 e. The SMILES string of the molecule is CC1CCCN1CCCN1CCN(CCCO[Si](C)(C)C(C)(C)C)C1=C(C#N)S(=O)(=O)c1ccccc1. The Morgan fingerprint density at radius 1 is 1.05 bits per heavy atom. The molecule has 37 heavy (non-hydrogen) atoms. The van der Waals surface area contributed by atoms with Crippen LogP contribution >= 0.6 is 0 Å². The number of benzene rings is 1. The van der Waals surface area contributed by atoms with Crippen LogP contribution in [-0.2, 0) is 14.3 Å². The van der Waals surface area contributed by atoms with Gasteiger partial charge in [0.25, 0.3) is 0 Å². The summed E-state index contributed by atoms with van der Waals surface area (Å²) in [6.45, 7) is 19.1. The maximum absolute atomic E-state index is 13.6. The van der Waals surface area contributed by atoms with E-state index in [9.17, 15) is 13.7 Å². The first-order valence-electron chi connectivity index (χ1n) is 13.7. The summed E-state index contributed by atoms with van der Waals surface area (Å²) in [5, 5.41) is 10.3. The van der Waals surface area contributed by atoms with Crippen molar-refractivity contribution in [3.8, 4) is 6.07 Å². The van der Waals surface area contributed by atoms with Crippen LogP contribution in [0.1, 0.15) is 53.4 Å². The molecule has 2 aliphatic rings. The van der Waals surface area contributed by atoms with E-state index in [4.69, 9.17) is 4.43 Å². The third-order valence-electron chi connectivity index (χ3n) is 8.27. The standard InChI is InChI=1S/C28H46N4O3SSi/c1-24-13-10-16-30(24)17-11-18-31-20-21-32(19-12-22-35-37(5,6)28(2,3)4)27(31)26(23-29)36(33,34)25-14-8-7-9-15-25/h7-9,14-15,24H,10-13,16-22H2,1-6H3. The number of likely N-dealkylation sites (tertiary alicyclic amines) is 1. The van der Waals surface area contributed by atoms with Crippen LogP contribution in [0.25, 0.3) is 0 Å². The second-order valence-corrected chi connectivity index (χ2v) is 18.6. The van der Waals surface area contributed by atoms with E-state index in [0.29, 0.717) is 31.6 Å². The van der Waals surface area contributed by atoms with E-state index >= 15 is 0 Å². The molecule has 7 nitrogen and oxygen atoms in total. The molecule has 0 saturated carbocycles. The van der Waals surface area contributed by atoms with Crippen LogP contribution in [0.5, 0.6) is 0 Å². The summed E-state index contributed by atoms with van der Waals surface area (Å²) >= 11 is 0. The molecule has 2 heterocycles. The molecule has 2 fully saturated rings. The highest BCUT2D eigenvalue weighted by Crippen LogP contribution is 2.36. The lowest BCUT2D eigenvalue weighted by Gasteiger charge is -2.36. The van der Waals surface area contributed by atoms with E-state index in [0.717, 1.165) is 39.0 Å². The number of nitrogens with zero attached hydrogens (tertiary/aromatic N) is 4. The molecule has 1 aromatic carbocycles. The first kappa shape index (κ1) is 29.7. The fourth-order valence-electron chi connectivity index (χ4n) is 4.91. The largest absolute Gasteiger partial charge is 0.417 e. The predicted octanol–water partition coefficient (Wildman–Crippen LogP) is 5.06. The van der Waals surface area contributed by atoms with Crippen molar-refractivity contribution in [2.75, 3.05) is 45.9 Å². The zero-order valence-electron chi connectivity index (χ0n) is 23.7. The Morgan fingerprint density at radius 3 is 2.22 bits per heavy atom. The van der Waals surface area contributed by atoms with Gasteiger partial charge in [0, 0.05) is 45.4 Å². The van der Waals surface area contributed by atoms with Crippen LogP contribution in [0, 0.1) is 11.3 Å². The van der Waals surface area contributed by atoms with Crippen molar-refractivity contribution in [2.45, 2.75) is 82.4 Å². The number of nitriles is 1. The molecule has 2 aliphatic heterocycles. The molecule has 1 aromatic rings. The molecule has 0 bridgehead atoms. The number of hydrogen-bond donors (Lipinski definition) is 0. The molecule has 0 aromatic heterocycles. The second kappa shape index (κ2) is 12.3. The van der Waals surface area contributed by atoms with E-state index in [2.05, 4.69) is 61.6 Å². The monoisotopic (exact) mass is 546 g/mol. The molecule has 9 heteroatoms. The van der Waals surface area contributed by atoms with Gasteiger partial charge in [0.15, 0.2) is 13.2 Å². The molecule has 0 N–H and O–H groups in total. The van der Waals surface area contributed by atoms with Crippen LogP contribution in [0.2, 0.25) is 18.1 Å². The molecule has 1 unspecified atom stereocenters. The number of sulfone groups is 1. The quantitative estimate of drug-likeness (QED) is 0.218. The van der Waals surface area contributed by atoms with Crippen molar-refractivity contribution in [3.63, 3.8) is 0 Å². The van der Waals surface area contributed by atoms with Gasteiger partial charge >= 0.3 is 0 Å². The third-order valence-corrected chi connectivity index (χ3v) is 14.5. The molecule has 2 saturated heterocycles. The Morgan fingerprint density at radius 2 is 1.68 bits per heavy atom. The predicted molar refractivity (Wildman–Crippen MR) is 152 cm³/mol. The maximum atomic E-state index is 13.6. The normalized spacial score (nSPS) is 20.9. The lowest BCUT2D eigenvalue weighted by Crippen LogP contribution is -2.41. The summed E-state index contributed by atoms with van der Waals surface area (Å²) in [6.07, 6.45) is 4.22. The zero-order valence-corrected chi connectivity index (χ0v) is 25.5. The highest BCUT2D eigenvalue weighted by atomic mass is 32.2. The van der Waals surface area contributed by atoms with Gasteiger partial charge in [-0.1, -0.05) is 39.0 Å². The average molecular weight is 547 g/mol. The molecule has 0 spiro atoms. The molecule has 0 radical (unpaired) electrons. The molecule has 1 atom stereocenters. The summed E-state index contributed by atoms with van der Waals surface area (Å²) in [6, 6.07) is 11.0. The molecule has 3 rings (SSSR count). The van der Waals surface area contributed by atoms with Crippen LogP contribution in [0.4, 0.5) is 0 Å². The van der Waals surface area contributed by atoms with Crippen LogP contribution in [0.3, 0.4) is 0 Å².